The fraction of sp³-hybridized carbons (Fsp3) is 0.100. The lowest BCUT2D eigenvalue weighted by Gasteiger charge is -2.03. The highest BCUT2D eigenvalue weighted by Crippen LogP contribution is 2.22. The summed E-state index contributed by atoms with van der Waals surface area (Å²) >= 11 is 0. The van der Waals surface area contributed by atoms with Crippen molar-refractivity contribution in [3.8, 4) is 12.3 Å². The third-order valence-corrected chi connectivity index (χ3v) is 1.82. The van der Waals surface area contributed by atoms with Crippen LogP contribution in [0.5, 0.6) is 0 Å². The number of nitrogens with one attached hydrogen (secondary N) is 1. The summed E-state index contributed by atoms with van der Waals surface area (Å²) in [6, 6.07) is 3.73. The maximum absolute atomic E-state index is 10.7. The Hall–Kier alpha value is -2.55. The highest BCUT2D eigenvalue weighted by molar-refractivity contribution is 5.93. The van der Waals surface area contributed by atoms with Crippen molar-refractivity contribution >= 4 is 17.3 Å². The largest absolute Gasteiger partial charge is 0.477 e. The molecule has 0 aliphatic heterocycles. The average Bonchev–Trinajstić information content (AvgIpc) is 2.25. The molecular weight excluding hydrogens is 212 g/mol. The minimum Gasteiger partial charge on any atom is -0.477 e. The van der Waals surface area contributed by atoms with E-state index in [4.69, 9.17) is 11.5 Å². The molecule has 6 heteroatoms. The van der Waals surface area contributed by atoms with Gasteiger partial charge in [0, 0.05) is 11.8 Å². The van der Waals surface area contributed by atoms with Gasteiger partial charge in [-0.15, -0.1) is 6.42 Å². The number of nitro groups is 1. The van der Waals surface area contributed by atoms with Crippen molar-refractivity contribution in [1.29, 1.82) is 0 Å². The van der Waals surface area contributed by atoms with E-state index in [0.29, 0.717) is 5.69 Å². The SMILES string of the molecule is C#CCNc1ccc(C(=O)O)c([N+](=O)[O-])c1. The second-order valence-electron chi connectivity index (χ2n) is 2.85. The number of carbonyl (C=O) groups is 1. The van der Waals surface area contributed by atoms with Gasteiger partial charge in [0.2, 0.25) is 0 Å². The summed E-state index contributed by atoms with van der Waals surface area (Å²) in [5.41, 5.74) is -0.402. The summed E-state index contributed by atoms with van der Waals surface area (Å²) in [5, 5.41) is 22.1. The lowest BCUT2D eigenvalue weighted by atomic mass is 10.1. The van der Waals surface area contributed by atoms with Crippen LogP contribution in [0, 0.1) is 22.5 Å². The zero-order valence-electron chi connectivity index (χ0n) is 8.14. The number of aromatic carboxylic acids is 1. The van der Waals surface area contributed by atoms with E-state index in [0.717, 1.165) is 6.07 Å². The molecule has 0 heterocycles. The van der Waals surface area contributed by atoms with Gasteiger partial charge in [0.15, 0.2) is 0 Å². The maximum Gasteiger partial charge on any atom is 0.342 e. The quantitative estimate of drug-likeness (QED) is 0.453. The molecule has 0 saturated carbocycles. The molecule has 0 bridgehead atoms. The van der Waals surface area contributed by atoms with Crippen LogP contribution in [0.4, 0.5) is 11.4 Å². The summed E-state index contributed by atoms with van der Waals surface area (Å²) < 4.78 is 0. The van der Waals surface area contributed by atoms with Gasteiger partial charge in [-0.1, -0.05) is 5.92 Å². The number of terminal acetylenes is 1. The van der Waals surface area contributed by atoms with Crippen molar-refractivity contribution in [3.05, 3.63) is 33.9 Å². The molecule has 0 aliphatic rings. The van der Waals surface area contributed by atoms with Crippen LogP contribution < -0.4 is 5.32 Å². The molecule has 6 nitrogen and oxygen atoms in total. The molecule has 1 rings (SSSR count). The number of nitro benzene ring substituents is 1. The minimum absolute atomic E-state index is 0.212. The van der Waals surface area contributed by atoms with Crippen molar-refractivity contribution in [2.24, 2.45) is 0 Å². The topological polar surface area (TPSA) is 92.5 Å². The van der Waals surface area contributed by atoms with Gasteiger partial charge >= 0.3 is 5.97 Å². The number of anilines is 1. The summed E-state index contributed by atoms with van der Waals surface area (Å²) in [6.45, 7) is 0.212. The smallest absolute Gasteiger partial charge is 0.342 e. The van der Waals surface area contributed by atoms with Crippen molar-refractivity contribution in [2.75, 3.05) is 11.9 Å². The fourth-order valence-corrected chi connectivity index (χ4v) is 1.13. The second-order valence-corrected chi connectivity index (χ2v) is 2.85. The van der Waals surface area contributed by atoms with Gasteiger partial charge in [0.05, 0.1) is 11.5 Å². The first kappa shape index (κ1) is 11.5. The number of hydrogen-bond acceptors (Lipinski definition) is 4. The highest BCUT2D eigenvalue weighted by Gasteiger charge is 2.19. The van der Waals surface area contributed by atoms with Gasteiger partial charge < -0.3 is 10.4 Å². The molecule has 2 N–H and O–H groups in total. The van der Waals surface area contributed by atoms with Crippen LogP contribution in [-0.2, 0) is 0 Å². The van der Waals surface area contributed by atoms with Crippen LogP contribution >= 0.6 is 0 Å². The van der Waals surface area contributed by atoms with Crippen LogP contribution in [0.3, 0.4) is 0 Å². The third-order valence-electron chi connectivity index (χ3n) is 1.82. The van der Waals surface area contributed by atoms with E-state index in [-0.39, 0.29) is 12.1 Å². The predicted molar refractivity (Wildman–Crippen MR) is 57.4 cm³/mol. The zero-order valence-corrected chi connectivity index (χ0v) is 8.14. The number of nitrogens with zero attached hydrogens (tertiary/aromatic N) is 1. The van der Waals surface area contributed by atoms with Gasteiger partial charge in [-0.05, 0) is 12.1 Å². The van der Waals surface area contributed by atoms with Crippen molar-refractivity contribution in [1.82, 2.24) is 0 Å². The van der Waals surface area contributed by atoms with E-state index in [1.807, 2.05) is 0 Å². The minimum atomic E-state index is -1.34. The second kappa shape index (κ2) is 4.79. The number of hydrogen-bond donors (Lipinski definition) is 2. The van der Waals surface area contributed by atoms with Crippen molar-refractivity contribution in [2.45, 2.75) is 0 Å². The Morgan fingerprint density at radius 3 is 2.81 bits per heavy atom. The van der Waals surface area contributed by atoms with E-state index in [2.05, 4.69) is 11.2 Å². The Kier molecular flexibility index (Phi) is 3.45. The van der Waals surface area contributed by atoms with Crippen LogP contribution in [0.2, 0.25) is 0 Å². The normalized spacial score (nSPS) is 9.19. The van der Waals surface area contributed by atoms with E-state index in [1.54, 1.807) is 0 Å². The molecule has 1 aromatic rings. The molecule has 16 heavy (non-hydrogen) atoms. The molecule has 0 radical (unpaired) electrons. The van der Waals surface area contributed by atoms with E-state index in [9.17, 15) is 14.9 Å². The monoisotopic (exact) mass is 220 g/mol. The number of rotatable bonds is 4. The maximum atomic E-state index is 10.7. The van der Waals surface area contributed by atoms with Crippen molar-refractivity contribution < 1.29 is 14.8 Å². The van der Waals surface area contributed by atoms with Crippen LogP contribution in [-0.4, -0.2) is 22.5 Å². The standard InChI is InChI=1S/C10H8N2O4/c1-2-5-11-7-3-4-8(10(13)14)9(6-7)12(15)16/h1,3-4,6,11H,5H2,(H,13,14). The third kappa shape index (κ3) is 2.48. The Balaban J connectivity index is 3.13. The van der Waals surface area contributed by atoms with Crippen molar-refractivity contribution in [3.63, 3.8) is 0 Å². The van der Waals surface area contributed by atoms with Crippen LogP contribution in [0.25, 0.3) is 0 Å². The Bertz CT molecular complexity index is 476. The molecule has 0 amide bonds. The van der Waals surface area contributed by atoms with Crippen LogP contribution in [0.15, 0.2) is 18.2 Å². The number of carboxylic acids is 1. The molecule has 0 fully saturated rings. The van der Waals surface area contributed by atoms with Gasteiger partial charge in [-0.2, -0.15) is 0 Å². The molecule has 0 aromatic heterocycles. The molecule has 1 aromatic carbocycles. The van der Waals surface area contributed by atoms with Gasteiger partial charge in [0.25, 0.3) is 5.69 Å². The Morgan fingerprint density at radius 1 is 1.62 bits per heavy atom. The average molecular weight is 220 g/mol. The molecule has 0 aliphatic carbocycles. The molecule has 82 valence electrons. The molecular formula is C10H8N2O4. The number of carboxylic acid groups (broad SMARTS) is 1. The fourth-order valence-electron chi connectivity index (χ4n) is 1.13. The molecule has 0 unspecified atom stereocenters. The molecule has 0 spiro atoms. The Morgan fingerprint density at radius 2 is 2.31 bits per heavy atom. The predicted octanol–water partition coefficient (Wildman–Crippen LogP) is 1.34. The summed E-state index contributed by atoms with van der Waals surface area (Å²) in [4.78, 5) is 20.6. The van der Waals surface area contributed by atoms with E-state index in [1.165, 1.54) is 12.1 Å². The molecule has 0 saturated heterocycles. The van der Waals surface area contributed by atoms with Gasteiger partial charge in [-0.25, -0.2) is 4.79 Å². The van der Waals surface area contributed by atoms with E-state index < -0.39 is 16.6 Å². The van der Waals surface area contributed by atoms with Gasteiger partial charge in [0.1, 0.15) is 5.56 Å². The summed E-state index contributed by atoms with van der Waals surface area (Å²) in [7, 11) is 0. The van der Waals surface area contributed by atoms with Gasteiger partial charge in [-0.3, -0.25) is 10.1 Å². The summed E-state index contributed by atoms with van der Waals surface area (Å²) in [5.74, 6) is 0.967. The highest BCUT2D eigenvalue weighted by atomic mass is 16.6. The lowest BCUT2D eigenvalue weighted by Crippen LogP contribution is -2.05. The van der Waals surface area contributed by atoms with E-state index >= 15 is 0 Å². The number of benzene rings is 1. The zero-order chi connectivity index (χ0) is 12.1. The Labute approximate surface area is 91.0 Å². The first-order valence-corrected chi connectivity index (χ1v) is 4.25. The first-order chi connectivity index (χ1) is 7.56. The molecule has 0 atom stereocenters. The summed E-state index contributed by atoms with van der Waals surface area (Å²) in [6.07, 6.45) is 5.01. The van der Waals surface area contributed by atoms with Crippen LogP contribution in [0.1, 0.15) is 10.4 Å². The first-order valence-electron chi connectivity index (χ1n) is 4.25. The lowest BCUT2D eigenvalue weighted by molar-refractivity contribution is -0.385.